The normalized spacial score (nSPS) is 15.5. The van der Waals surface area contributed by atoms with E-state index in [0.29, 0.717) is 20.5 Å². The molecule has 27 heavy (non-hydrogen) atoms. The molecule has 0 bridgehead atoms. The number of rotatable bonds is 5. The van der Waals surface area contributed by atoms with E-state index >= 15 is 0 Å². The third kappa shape index (κ3) is 4.78. The van der Waals surface area contributed by atoms with Crippen molar-refractivity contribution in [2.45, 2.75) is 6.42 Å². The molecule has 138 valence electrons. The summed E-state index contributed by atoms with van der Waals surface area (Å²) in [6.07, 6.45) is 1.44. The smallest absolute Gasteiger partial charge is 0.266 e. The second-order valence-corrected chi connectivity index (χ2v) is 7.34. The summed E-state index contributed by atoms with van der Waals surface area (Å²) >= 11 is 6.26. The quantitative estimate of drug-likeness (QED) is 0.600. The predicted molar refractivity (Wildman–Crippen MR) is 106 cm³/mol. The van der Waals surface area contributed by atoms with Crippen LogP contribution < -0.4 is 5.32 Å². The molecule has 1 fully saturated rings. The van der Waals surface area contributed by atoms with E-state index in [0.717, 1.165) is 11.8 Å². The van der Waals surface area contributed by atoms with Crippen LogP contribution in [0, 0.1) is 11.6 Å². The largest absolute Gasteiger partial charge is 0.326 e. The zero-order valence-electron chi connectivity index (χ0n) is 13.9. The van der Waals surface area contributed by atoms with Crippen molar-refractivity contribution < 1.29 is 18.4 Å². The lowest BCUT2D eigenvalue weighted by atomic mass is 10.2. The number of anilines is 1. The van der Waals surface area contributed by atoms with Crippen LogP contribution in [0.4, 0.5) is 14.5 Å². The summed E-state index contributed by atoms with van der Waals surface area (Å²) in [4.78, 5) is 26.1. The number of nitrogens with zero attached hydrogens (tertiary/aromatic N) is 1. The number of hydrogen-bond acceptors (Lipinski definition) is 4. The van der Waals surface area contributed by atoms with Gasteiger partial charge in [0, 0.05) is 24.2 Å². The van der Waals surface area contributed by atoms with Crippen LogP contribution in [-0.4, -0.2) is 27.6 Å². The molecule has 1 heterocycles. The Kier molecular flexibility index (Phi) is 5.98. The van der Waals surface area contributed by atoms with Gasteiger partial charge in [0.15, 0.2) is 0 Å². The molecule has 0 aliphatic carbocycles. The minimum absolute atomic E-state index is 0.00404. The predicted octanol–water partition coefficient (Wildman–Crippen LogP) is 4.19. The van der Waals surface area contributed by atoms with Crippen LogP contribution >= 0.6 is 24.0 Å². The van der Waals surface area contributed by atoms with Gasteiger partial charge in [0.2, 0.25) is 5.91 Å². The number of carbonyl (C=O) groups excluding carboxylic acids is 2. The summed E-state index contributed by atoms with van der Waals surface area (Å²) in [6.45, 7) is 0.0838. The van der Waals surface area contributed by atoms with E-state index in [1.807, 2.05) is 0 Å². The maximum atomic E-state index is 13.8. The SMILES string of the molecule is O=C(CCN1C(=O)C(=Cc2ccccc2F)SC1=S)Nc1cccc(F)c1. The molecule has 0 unspecified atom stereocenters. The van der Waals surface area contributed by atoms with Crippen molar-refractivity contribution in [1.82, 2.24) is 4.90 Å². The topological polar surface area (TPSA) is 49.4 Å². The van der Waals surface area contributed by atoms with Crippen LogP contribution in [0.1, 0.15) is 12.0 Å². The van der Waals surface area contributed by atoms with Crippen molar-refractivity contribution in [3.8, 4) is 0 Å². The van der Waals surface area contributed by atoms with Gasteiger partial charge in [-0.2, -0.15) is 0 Å². The Morgan fingerprint density at radius 1 is 1.19 bits per heavy atom. The summed E-state index contributed by atoms with van der Waals surface area (Å²) in [7, 11) is 0. The summed E-state index contributed by atoms with van der Waals surface area (Å²) in [5.41, 5.74) is 0.631. The van der Waals surface area contributed by atoms with Crippen LogP contribution in [0.5, 0.6) is 0 Å². The highest BCUT2D eigenvalue weighted by molar-refractivity contribution is 8.26. The molecular weight excluding hydrogens is 390 g/mol. The van der Waals surface area contributed by atoms with Gasteiger partial charge in [-0.05, 0) is 30.3 Å². The molecule has 0 spiro atoms. The summed E-state index contributed by atoms with van der Waals surface area (Å²) in [6, 6.07) is 11.6. The molecule has 1 aliphatic heterocycles. The van der Waals surface area contributed by atoms with E-state index in [9.17, 15) is 18.4 Å². The molecule has 1 aliphatic rings. The first-order valence-corrected chi connectivity index (χ1v) is 9.22. The van der Waals surface area contributed by atoms with Gasteiger partial charge >= 0.3 is 0 Å². The number of carbonyl (C=O) groups is 2. The number of thioether (sulfide) groups is 1. The van der Waals surface area contributed by atoms with Crippen LogP contribution in [0.3, 0.4) is 0 Å². The van der Waals surface area contributed by atoms with E-state index in [4.69, 9.17) is 12.2 Å². The lowest BCUT2D eigenvalue weighted by Gasteiger charge is -2.14. The number of nitrogens with one attached hydrogen (secondary N) is 1. The van der Waals surface area contributed by atoms with E-state index in [-0.39, 0.29) is 24.8 Å². The Morgan fingerprint density at radius 3 is 2.70 bits per heavy atom. The van der Waals surface area contributed by atoms with Gasteiger partial charge in [0.25, 0.3) is 5.91 Å². The Bertz CT molecular complexity index is 947. The summed E-state index contributed by atoms with van der Waals surface area (Å²) in [5, 5.41) is 2.56. The van der Waals surface area contributed by atoms with Gasteiger partial charge in [-0.15, -0.1) is 0 Å². The number of thiocarbonyl (C=S) groups is 1. The van der Waals surface area contributed by atoms with Crippen LogP contribution in [0.2, 0.25) is 0 Å². The third-order valence-electron chi connectivity index (χ3n) is 3.74. The highest BCUT2D eigenvalue weighted by Crippen LogP contribution is 2.33. The van der Waals surface area contributed by atoms with Crippen molar-refractivity contribution in [3.63, 3.8) is 0 Å². The standard InChI is InChI=1S/C19H14F2N2O2S2/c20-13-5-3-6-14(11-13)22-17(24)8-9-23-18(25)16(27-19(23)26)10-12-4-1-2-7-15(12)21/h1-7,10-11H,8-9H2,(H,22,24). The maximum Gasteiger partial charge on any atom is 0.266 e. The molecule has 4 nitrogen and oxygen atoms in total. The Balaban J connectivity index is 1.62. The van der Waals surface area contributed by atoms with Crippen molar-refractivity contribution in [1.29, 1.82) is 0 Å². The first-order valence-electron chi connectivity index (χ1n) is 7.99. The lowest BCUT2D eigenvalue weighted by molar-refractivity contribution is -0.122. The van der Waals surface area contributed by atoms with E-state index in [2.05, 4.69) is 5.32 Å². The van der Waals surface area contributed by atoms with Crippen molar-refractivity contribution >= 4 is 51.9 Å². The van der Waals surface area contributed by atoms with Gasteiger partial charge in [0.05, 0.1) is 4.91 Å². The molecule has 1 N–H and O–H groups in total. The number of hydrogen-bond donors (Lipinski definition) is 1. The van der Waals surface area contributed by atoms with Gasteiger partial charge in [0.1, 0.15) is 16.0 Å². The van der Waals surface area contributed by atoms with E-state index in [1.165, 1.54) is 35.2 Å². The first-order chi connectivity index (χ1) is 12.9. The average molecular weight is 404 g/mol. The molecule has 2 aromatic carbocycles. The minimum atomic E-state index is -0.456. The molecule has 3 rings (SSSR count). The fourth-order valence-electron chi connectivity index (χ4n) is 2.43. The molecule has 0 aromatic heterocycles. The third-order valence-corrected chi connectivity index (χ3v) is 5.11. The Morgan fingerprint density at radius 2 is 1.96 bits per heavy atom. The molecule has 0 atom stereocenters. The highest BCUT2D eigenvalue weighted by atomic mass is 32.2. The molecular formula is C19H14F2N2O2S2. The fourth-order valence-corrected chi connectivity index (χ4v) is 3.73. The van der Waals surface area contributed by atoms with Crippen LogP contribution in [0.15, 0.2) is 53.4 Å². The zero-order chi connectivity index (χ0) is 19.4. The number of benzene rings is 2. The van der Waals surface area contributed by atoms with Crippen LogP contribution in [-0.2, 0) is 9.59 Å². The Labute approximate surface area is 164 Å². The number of amides is 2. The second kappa shape index (κ2) is 8.41. The average Bonchev–Trinajstić information content (AvgIpc) is 2.88. The second-order valence-electron chi connectivity index (χ2n) is 5.66. The first kappa shape index (κ1) is 19.2. The minimum Gasteiger partial charge on any atom is -0.326 e. The maximum absolute atomic E-state index is 13.8. The molecule has 2 aromatic rings. The van der Waals surface area contributed by atoms with E-state index < -0.39 is 11.6 Å². The van der Waals surface area contributed by atoms with Gasteiger partial charge in [-0.25, -0.2) is 8.78 Å². The number of halogens is 2. The summed E-state index contributed by atoms with van der Waals surface area (Å²) in [5.74, 6) is -1.63. The van der Waals surface area contributed by atoms with E-state index in [1.54, 1.807) is 24.3 Å². The van der Waals surface area contributed by atoms with Crippen LogP contribution in [0.25, 0.3) is 6.08 Å². The van der Waals surface area contributed by atoms with Gasteiger partial charge in [-0.3, -0.25) is 14.5 Å². The summed E-state index contributed by atoms with van der Waals surface area (Å²) < 4.78 is 27.2. The molecule has 1 saturated heterocycles. The van der Waals surface area contributed by atoms with Crippen molar-refractivity contribution in [2.75, 3.05) is 11.9 Å². The zero-order valence-corrected chi connectivity index (χ0v) is 15.6. The highest BCUT2D eigenvalue weighted by Gasteiger charge is 2.32. The van der Waals surface area contributed by atoms with Gasteiger partial charge in [-0.1, -0.05) is 48.2 Å². The molecule has 0 saturated carbocycles. The molecule has 0 radical (unpaired) electrons. The lowest BCUT2D eigenvalue weighted by Crippen LogP contribution is -2.31. The van der Waals surface area contributed by atoms with Gasteiger partial charge < -0.3 is 5.32 Å². The van der Waals surface area contributed by atoms with Crippen molar-refractivity contribution in [2.24, 2.45) is 0 Å². The molecule has 8 heteroatoms. The molecule has 2 amide bonds. The fraction of sp³-hybridized carbons (Fsp3) is 0.105. The Hall–Kier alpha value is -2.58. The monoisotopic (exact) mass is 404 g/mol. The van der Waals surface area contributed by atoms with Crippen molar-refractivity contribution in [3.05, 3.63) is 70.6 Å².